The minimum Gasteiger partial charge on any atom is -0.490 e. The average Bonchev–Trinajstić information content (AvgIpc) is 2.96. The summed E-state index contributed by atoms with van der Waals surface area (Å²) in [5.41, 5.74) is 1.78. The molecular weight excluding hydrogens is 564 g/mol. The van der Waals surface area contributed by atoms with E-state index in [9.17, 15) is 25.2 Å². The minimum atomic E-state index is -1.80. The fourth-order valence-corrected chi connectivity index (χ4v) is 6.54. The van der Waals surface area contributed by atoms with Gasteiger partial charge in [-0.1, -0.05) is 83.9 Å². The number of methoxy groups -OCH3 is 2. The number of carbonyl (C=O) groups is 1. The van der Waals surface area contributed by atoms with Crippen molar-refractivity contribution in [3.05, 3.63) is 47.3 Å². The predicted molar refractivity (Wildman–Crippen MR) is 170 cm³/mol. The Labute approximate surface area is 264 Å². The Balaban J connectivity index is 2.52. The van der Waals surface area contributed by atoms with Gasteiger partial charge < -0.3 is 39.4 Å². The average molecular weight is 623 g/mol. The largest absolute Gasteiger partial charge is 0.490 e. The molecule has 0 aromatic heterocycles. The maximum atomic E-state index is 13.5. The number of aliphatic hydroxyl groups is 4. The molecule has 0 aliphatic carbocycles. The Morgan fingerprint density at radius 3 is 2.25 bits per heavy atom. The molecule has 2 heterocycles. The van der Waals surface area contributed by atoms with Crippen molar-refractivity contribution in [3.63, 3.8) is 0 Å². The van der Waals surface area contributed by atoms with E-state index < -0.39 is 60.2 Å². The molecule has 0 amide bonds. The van der Waals surface area contributed by atoms with Gasteiger partial charge in [-0.15, -0.1) is 0 Å². The second kappa shape index (κ2) is 16.5. The van der Waals surface area contributed by atoms with E-state index in [1.807, 2.05) is 66.7 Å². The monoisotopic (exact) mass is 622 g/mol. The number of hydrogen-bond acceptors (Lipinski definition) is 9. The highest BCUT2D eigenvalue weighted by Gasteiger charge is 2.51. The molecule has 2 rings (SSSR count). The van der Waals surface area contributed by atoms with Gasteiger partial charge in [0.2, 0.25) is 5.76 Å². The first-order valence-corrected chi connectivity index (χ1v) is 15.9. The standard InChI is InChI=1S/C35H58O9/c1-19(2)32-24(7)27(36)18-35(40,44-32)26(9)31(38)25(8)33-28(41-10)14-12-13-20(3)15-22(5)30(37)23(6)16-21(4)17-29(42-11)34(39)43-33/h12-14,16-17,19,22-28,30-33,36-38,40H,15,18H2,1-11H3/b14-12+,20-13+,21-16+,29-17?/t22-,23+,24-,25-,26-,27+,28-,30-,31+,32+,33+,35+/m0/s1. The van der Waals surface area contributed by atoms with Crippen LogP contribution in [-0.4, -0.2) is 83.0 Å². The van der Waals surface area contributed by atoms with Crippen molar-refractivity contribution >= 4 is 5.97 Å². The number of hydrogen-bond donors (Lipinski definition) is 4. The van der Waals surface area contributed by atoms with Crippen molar-refractivity contribution in [3.8, 4) is 0 Å². The molecule has 0 radical (unpaired) electrons. The summed E-state index contributed by atoms with van der Waals surface area (Å²) in [5.74, 6) is -4.49. The molecular formula is C35H58O9. The first-order chi connectivity index (χ1) is 20.5. The van der Waals surface area contributed by atoms with Crippen LogP contribution in [0.25, 0.3) is 0 Å². The molecule has 0 aromatic carbocycles. The Hall–Kier alpha value is -2.01. The van der Waals surface area contributed by atoms with E-state index in [0.717, 1.165) is 11.1 Å². The Morgan fingerprint density at radius 1 is 1.05 bits per heavy atom. The van der Waals surface area contributed by atoms with Crippen LogP contribution in [0.5, 0.6) is 0 Å². The molecule has 4 N–H and O–H groups in total. The van der Waals surface area contributed by atoms with Crippen LogP contribution in [0.15, 0.2) is 47.3 Å². The fourth-order valence-electron chi connectivity index (χ4n) is 6.54. The predicted octanol–water partition coefficient (Wildman–Crippen LogP) is 4.69. The van der Waals surface area contributed by atoms with Crippen molar-refractivity contribution in [2.75, 3.05) is 14.2 Å². The van der Waals surface area contributed by atoms with Crippen LogP contribution >= 0.6 is 0 Å². The van der Waals surface area contributed by atoms with Gasteiger partial charge in [0, 0.05) is 37.2 Å². The van der Waals surface area contributed by atoms with Gasteiger partial charge in [-0.2, -0.15) is 0 Å². The molecule has 9 nitrogen and oxygen atoms in total. The number of rotatable bonds is 7. The van der Waals surface area contributed by atoms with E-state index in [1.54, 1.807) is 26.0 Å². The SMILES string of the molecule is COC1=C/C(C)=C/[C@@H](C)[C@@H](O)[C@@H](C)C/C(C)=C/C=C/[C@H](OC)[C@@H]([C@@H](C)[C@@H](O)[C@H](C)[C@@]2(O)C[C@@H](O)[C@H](C)[C@@H](C(C)C)O2)OC1=O. The minimum absolute atomic E-state index is 0.00492. The second-order valence-electron chi connectivity index (χ2n) is 13.6. The van der Waals surface area contributed by atoms with E-state index in [0.29, 0.717) is 6.42 Å². The highest BCUT2D eigenvalue weighted by Crippen LogP contribution is 2.41. The van der Waals surface area contributed by atoms with E-state index in [-0.39, 0.29) is 35.9 Å². The van der Waals surface area contributed by atoms with Crippen LogP contribution in [0.2, 0.25) is 0 Å². The van der Waals surface area contributed by atoms with Crippen LogP contribution < -0.4 is 0 Å². The van der Waals surface area contributed by atoms with Gasteiger partial charge in [-0.3, -0.25) is 0 Å². The van der Waals surface area contributed by atoms with Crippen LogP contribution in [0.1, 0.15) is 75.2 Å². The lowest BCUT2D eigenvalue weighted by Gasteiger charge is -2.49. The number of cyclic esters (lactones) is 1. The number of aliphatic hydroxyl groups excluding tert-OH is 3. The topological polar surface area (TPSA) is 135 Å². The lowest BCUT2D eigenvalue weighted by atomic mass is 9.76. The molecule has 1 saturated heterocycles. The lowest BCUT2D eigenvalue weighted by molar-refractivity contribution is -0.328. The lowest BCUT2D eigenvalue weighted by Crippen LogP contribution is -2.59. The number of allylic oxidation sites excluding steroid dienone is 5. The molecule has 0 bridgehead atoms. The van der Waals surface area contributed by atoms with Crippen LogP contribution in [-0.2, 0) is 23.7 Å². The first kappa shape index (κ1) is 38.2. The third-order valence-electron chi connectivity index (χ3n) is 9.50. The molecule has 2 aliphatic rings. The Kier molecular flexibility index (Phi) is 14.3. The first-order valence-electron chi connectivity index (χ1n) is 15.9. The van der Waals surface area contributed by atoms with E-state index >= 15 is 0 Å². The maximum absolute atomic E-state index is 13.5. The van der Waals surface area contributed by atoms with Crippen molar-refractivity contribution in [2.45, 2.75) is 118 Å². The van der Waals surface area contributed by atoms with Gasteiger partial charge in [0.05, 0.1) is 31.5 Å². The number of esters is 1. The van der Waals surface area contributed by atoms with E-state index in [2.05, 4.69) is 0 Å². The smallest absolute Gasteiger partial charge is 0.373 e. The summed E-state index contributed by atoms with van der Waals surface area (Å²) in [6.45, 7) is 17.0. The molecule has 0 spiro atoms. The van der Waals surface area contributed by atoms with Crippen molar-refractivity contribution < 1.29 is 44.2 Å². The van der Waals surface area contributed by atoms with Crippen molar-refractivity contribution in [1.29, 1.82) is 0 Å². The number of carbonyl (C=O) groups excluding carboxylic acids is 1. The summed E-state index contributed by atoms with van der Waals surface area (Å²) in [6.07, 6.45) is 4.85. The highest BCUT2D eigenvalue weighted by atomic mass is 16.6. The summed E-state index contributed by atoms with van der Waals surface area (Å²) in [7, 11) is 2.87. The Bertz CT molecular complexity index is 1060. The molecule has 12 atom stereocenters. The van der Waals surface area contributed by atoms with Crippen LogP contribution in [0.3, 0.4) is 0 Å². The number of ether oxygens (including phenoxy) is 4. The van der Waals surface area contributed by atoms with Gasteiger partial charge in [-0.25, -0.2) is 4.79 Å². The molecule has 44 heavy (non-hydrogen) atoms. The van der Waals surface area contributed by atoms with Gasteiger partial charge in [0.15, 0.2) is 5.79 Å². The molecule has 252 valence electrons. The molecule has 0 unspecified atom stereocenters. The summed E-state index contributed by atoms with van der Waals surface area (Å²) in [5, 5.41) is 45.0. The quantitative estimate of drug-likeness (QED) is 0.298. The molecule has 2 aliphatic heterocycles. The summed E-state index contributed by atoms with van der Waals surface area (Å²) in [6, 6.07) is 0. The molecule has 0 aromatic rings. The van der Waals surface area contributed by atoms with Gasteiger partial charge in [0.1, 0.15) is 12.2 Å². The van der Waals surface area contributed by atoms with Crippen molar-refractivity contribution in [2.24, 2.45) is 35.5 Å². The fraction of sp³-hybridized carbons (Fsp3) is 0.743. The zero-order valence-corrected chi connectivity index (χ0v) is 28.6. The Morgan fingerprint density at radius 2 is 1.68 bits per heavy atom. The summed E-state index contributed by atoms with van der Waals surface area (Å²) < 4.78 is 23.4. The zero-order chi connectivity index (χ0) is 33.5. The third kappa shape index (κ3) is 9.50. The van der Waals surface area contributed by atoms with Gasteiger partial charge in [-0.05, 0) is 38.2 Å². The second-order valence-corrected chi connectivity index (χ2v) is 13.6. The van der Waals surface area contributed by atoms with E-state index in [4.69, 9.17) is 18.9 Å². The van der Waals surface area contributed by atoms with E-state index in [1.165, 1.54) is 14.2 Å². The summed E-state index contributed by atoms with van der Waals surface area (Å²) >= 11 is 0. The van der Waals surface area contributed by atoms with Crippen LogP contribution in [0, 0.1) is 35.5 Å². The highest BCUT2D eigenvalue weighted by molar-refractivity contribution is 5.87. The van der Waals surface area contributed by atoms with Gasteiger partial charge in [0.25, 0.3) is 0 Å². The zero-order valence-electron chi connectivity index (χ0n) is 28.6. The molecule has 1 fully saturated rings. The van der Waals surface area contributed by atoms with Crippen LogP contribution in [0.4, 0.5) is 0 Å². The maximum Gasteiger partial charge on any atom is 0.373 e. The summed E-state index contributed by atoms with van der Waals surface area (Å²) in [4.78, 5) is 13.5. The molecule has 9 heteroatoms. The van der Waals surface area contributed by atoms with Crippen molar-refractivity contribution in [1.82, 2.24) is 0 Å². The normalized spacial score (nSPS) is 40.0. The third-order valence-corrected chi connectivity index (χ3v) is 9.50. The molecule has 0 saturated carbocycles. The van der Waals surface area contributed by atoms with Gasteiger partial charge >= 0.3 is 5.97 Å².